The Morgan fingerprint density at radius 1 is 1.42 bits per heavy atom. The van der Waals surface area contributed by atoms with E-state index in [2.05, 4.69) is 11.0 Å². The molecule has 2 heterocycles. The van der Waals surface area contributed by atoms with Crippen LogP contribution in [0.1, 0.15) is 25.7 Å². The van der Waals surface area contributed by atoms with Crippen LogP contribution < -0.4 is 5.73 Å². The first kappa shape index (κ1) is 8.03. The minimum atomic E-state index is -0.541. The van der Waals surface area contributed by atoms with Gasteiger partial charge >= 0.3 is 0 Å². The zero-order valence-electron chi connectivity index (χ0n) is 7.29. The molecule has 0 spiro atoms. The number of fused-ring (bicyclic) bond motifs is 1. The van der Waals surface area contributed by atoms with E-state index in [0.717, 1.165) is 25.9 Å². The first-order valence-electron chi connectivity index (χ1n) is 4.70. The molecule has 2 fully saturated rings. The van der Waals surface area contributed by atoms with Gasteiger partial charge in [0.15, 0.2) is 0 Å². The number of nitrogens with two attached hydrogens (primary N) is 1. The van der Waals surface area contributed by atoms with Crippen LogP contribution in [0.15, 0.2) is 0 Å². The summed E-state index contributed by atoms with van der Waals surface area (Å²) < 4.78 is 0. The van der Waals surface area contributed by atoms with Crippen molar-refractivity contribution in [3.63, 3.8) is 0 Å². The standard InChI is InChI=1S/C9H15N3/c10-7-9(11)4-6-12-5-2-1-3-8(9)12/h8H,1-6,11H2. The number of nitrogens with zero attached hydrogens (tertiary/aromatic N) is 2. The molecular weight excluding hydrogens is 150 g/mol. The fourth-order valence-corrected chi connectivity index (χ4v) is 2.47. The van der Waals surface area contributed by atoms with E-state index >= 15 is 0 Å². The van der Waals surface area contributed by atoms with Crippen molar-refractivity contribution in [2.24, 2.45) is 5.73 Å². The van der Waals surface area contributed by atoms with Crippen molar-refractivity contribution in [2.75, 3.05) is 13.1 Å². The van der Waals surface area contributed by atoms with Crippen LogP contribution in [0.2, 0.25) is 0 Å². The molecular formula is C9H15N3. The van der Waals surface area contributed by atoms with Gasteiger partial charge in [-0.05, 0) is 25.8 Å². The summed E-state index contributed by atoms with van der Waals surface area (Å²) in [6.45, 7) is 2.17. The highest BCUT2D eigenvalue weighted by atomic mass is 15.2. The summed E-state index contributed by atoms with van der Waals surface area (Å²) in [5.74, 6) is 0. The van der Waals surface area contributed by atoms with Gasteiger partial charge in [0.2, 0.25) is 0 Å². The predicted molar refractivity (Wildman–Crippen MR) is 46.4 cm³/mol. The van der Waals surface area contributed by atoms with E-state index in [-0.39, 0.29) is 0 Å². The van der Waals surface area contributed by atoms with E-state index in [0.29, 0.717) is 6.04 Å². The van der Waals surface area contributed by atoms with E-state index < -0.39 is 5.54 Å². The Labute approximate surface area is 73.1 Å². The molecule has 0 radical (unpaired) electrons. The van der Waals surface area contributed by atoms with E-state index in [4.69, 9.17) is 11.0 Å². The van der Waals surface area contributed by atoms with Crippen molar-refractivity contribution >= 4 is 0 Å². The van der Waals surface area contributed by atoms with Crippen molar-refractivity contribution in [1.82, 2.24) is 4.90 Å². The molecule has 2 unspecified atom stereocenters. The topological polar surface area (TPSA) is 53.1 Å². The number of piperidine rings is 1. The second-order valence-electron chi connectivity index (χ2n) is 3.95. The first-order valence-corrected chi connectivity index (χ1v) is 4.70. The minimum absolute atomic E-state index is 0.344. The Morgan fingerprint density at radius 3 is 3.00 bits per heavy atom. The Balaban J connectivity index is 2.17. The molecule has 3 heteroatoms. The van der Waals surface area contributed by atoms with E-state index in [1.165, 1.54) is 12.8 Å². The van der Waals surface area contributed by atoms with Gasteiger partial charge in [-0.25, -0.2) is 0 Å². The van der Waals surface area contributed by atoms with Gasteiger partial charge in [0.25, 0.3) is 0 Å². The van der Waals surface area contributed by atoms with E-state index in [1.807, 2.05) is 0 Å². The monoisotopic (exact) mass is 165 g/mol. The Kier molecular flexibility index (Phi) is 1.82. The Bertz CT molecular complexity index is 220. The average Bonchev–Trinajstić information content (AvgIpc) is 2.46. The summed E-state index contributed by atoms with van der Waals surface area (Å²) in [5, 5.41) is 8.96. The summed E-state index contributed by atoms with van der Waals surface area (Å²) in [6.07, 6.45) is 4.48. The molecule has 66 valence electrons. The normalized spacial score (nSPS) is 42.2. The zero-order chi connectivity index (χ0) is 8.60. The van der Waals surface area contributed by atoms with E-state index in [9.17, 15) is 0 Å². The molecule has 3 nitrogen and oxygen atoms in total. The molecule has 0 saturated carbocycles. The summed E-state index contributed by atoms with van der Waals surface area (Å²) in [4.78, 5) is 2.38. The highest BCUT2D eigenvalue weighted by molar-refractivity contribution is 5.17. The molecule has 2 saturated heterocycles. The van der Waals surface area contributed by atoms with Gasteiger partial charge in [-0.3, -0.25) is 4.90 Å². The molecule has 0 aromatic rings. The van der Waals surface area contributed by atoms with Crippen LogP contribution in [0.3, 0.4) is 0 Å². The van der Waals surface area contributed by atoms with Crippen LogP contribution in [0.4, 0.5) is 0 Å². The van der Waals surface area contributed by atoms with E-state index in [1.54, 1.807) is 0 Å². The third-order valence-corrected chi connectivity index (χ3v) is 3.23. The fraction of sp³-hybridized carbons (Fsp3) is 0.889. The summed E-state index contributed by atoms with van der Waals surface area (Å²) in [6, 6.07) is 2.62. The highest BCUT2D eigenvalue weighted by Crippen LogP contribution is 2.32. The summed E-state index contributed by atoms with van der Waals surface area (Å²) in [5.41, 5.74) is 5.47. The van der Waals surface area contributed by atoms with Gasteiger partial charge in [-0.2, -0.15) is 5.26 Å². The van der Waals surface area contributed by atoms with Crippen LogP contribution in [-0.2, 0) is 0 Å². The molecule has 2 aliphatic heterocycles. The van der Waals surface area contributed by atoms with Crippen molar-refractivity contribution in [2.45, 2.75) is 37.3 Å². The van der Waals surface area contributed by atoms with Crippen LogP contribution >= 0.6 is 0 Å². The molecule has 0 aromatic heterocycles. The molecule has 12 heavy (non-hydrogen) atoms. The fourth-order valence-electron chi connectivity index (χ4n) is 2.47. The summed E-state index contributed by atoms with van der Waals surface area (Å²) >= 11 is 0. The minimum Gasteiger partial charge on any atom is -0.312 e. The maximum Gasteiger partial charge on any atom is 0.121 e. The van der Waals surface area contributed by atoms with Crippen molar-refractivity contribution in [3.8, 4) is 6.07 Å². The Hall–Kier alpha value is -0.590. The predicted octanol–water partition coefficient (Wildman–Crippen LogP) is 0.466. The molecule has 0 aliphatic carbocycles. The Morgan fingerprint density at radius 2 is 2.25 bits per heavy atom. The van der Waals surface area contributed by atoms with Gasteiger partial charge in [-0.1, -0.05) is 6.42 Å². The van der Waals surface area contributed by atoms with Crippen LogP contribution in [-0.4, -0.2) is 29.6 Å². The van der Waals surface area contributed by atoms with Crippen LogP contribution in [0.25, 0.3) is 0 Å². The quantitative estimate of drug-likeness (QED) is 0.567. The van der Waals surface area contributed by atoms with Crippen molar-refractivity contribution < 1.29 is 0 Å². The van der Waals surface area contributed by atoms with Gasteiger partial charge in [0.05, 0.1) is 6.07 Å². The molecule has 2 N–H and O–H groups in total. The van der Waals surface area contributed by atoms with Crippen LogP contribution in [0, 0.1) is 11.3 Å². The SMILES string of the molecule is N#CC1(N)CCN2CCCCC21. The average molecular weight is 165 g/mol. The van der Waals surface area contributed by atoms with Gasteiger partial charge in [0, 0.05) is 12.6 Å². The molecule has 0 aromatic carbocycles. The molecule has 0 bridgehead atoms. The maximum atomic E-state index is 8.96. The number of rotatable bonds is 0. The third kappa shape index (κ3) is 1.03. The summed E-state index contributed by atoms with van der Waals surface area (Å²) in [7, 11) is 0. The van der Waals surface area contributed by atoms with Gasteiger partial charge in [-0.15, -0.1) is 0 Å². The lowest BCUT2D eigenvalue weighted by Gasteiger charge is -2.34. The lowest BCUT2D eigenvalue weighted by atomic mass is 9.88. The number of hydrogen-bond acceptors (Lipinski definition) is 3. The van der Waals surface area contributed by atoms with Crippen molar-refractivity contribution in [3.05, 3.63) is 0 Å². The van der Waals surface area contributed by atoms with Crippen molar-refractivity contribution in [1.29, 1.82) is 5.26 Å². The maximum absolute atomic E-state index is 8.96. The number of nitriles is 1. The third-order valence-electron chi connectivity index (χ3n) is 3.23. The lowest BCUT2D eigenvalue weighted by Crippen LogP contribution is -2.51. The second kappa shape index (κ2) is 2.72. The lowest BCUT2D eigenvalue weighted by molar-refractivity contribution is 0.174. The van der Waals surface area contributed by atoms with Gasteiger partial charge in [0.1, 0.15) is 5.54 Å². The molecule has 2 atom stereocenters. The zero-order valence-corrected chi connectivity index (χ0v) is 7.29. The molecule has 2 aliphatic rings. The molecule has 2 rings (SSSR count). The number of hydrogen-bond donors (Lipinski definition) is 1. The van der Waals surface area contributed by atoms with Crippen LogP contribution in [0.5, 0.6) is 0 Å². The largest absolute Gasteiger partial charge is 0.312 e. The highest BCUT2D eigenvalue weighted by Gasteiger charge is 2.45. The first-order chi connectivity index (χ1) is 5.76. The van der Waals surface area contributed by atoms with Gasteiger partial charge < -0.3 is 5.73 Å². The second-order valence-corrected chi connectivity index (χ2v) is 3.95. The molecule has 0 amide bonds. The smallest absolute Gasteiger partial charge is 0.121 e.